The Morgan fingerprint density at radius 3 is 2.16 bits per heavy atom. The summed E-state index contributed by atoms with van der Waals surface area (Å²) in [6.07, 6.45) is 5.93. The van der Waals surface area contributed by atoms with Gasteiger partial charge >= 0.3 is 5.97 Å². The smallest absolute Gasteiger partial charge is 0.338 e. The topological polar surface area (TPSA) is 40.5 Å². The molecule has 1 saturated carbocycles. The number of nitrogens with zero attached hydrogens (tertiary/aromatic N) is 1. The maximum atomic E-state index is 13.9. The molecule has 1 aliphatic carbocycles. The maximum absolute atomic E-state index is 13.9. The number of carboxylic acid groups (broad SMARTS) is 1. The minimum atomic E-state index is -1.24. The van der Waals surface area contributed by atoms with E-state index in [-0.39, 0.29) is 5.56 Å². The van der Waals surface area contributed by atoms with Gasteiger partial charge in [-0.1, -0.05) is 61.9 Å². The van der Waals surface area contributed by atoms with E-state index in [4.69, 9.17) is 0 Å². The summed E-state index contributed by atoms with van der Waals surface area (Å²) in [7, 11) is 0. The third-order valence-corrected chi connectivity index (χ3v) is 6.15. The van der Waals surface area contributed by atoms with Crippen LogP contribution in [-0.2, 0) is 13.0 Å². The largest absolute Gasteiger partial charge is 0.478 e. The summed E-state index contributed by atoms with van der Waals surface area (Å²) in [4.78, 5) is 13.5. The van der Waals surface area contributed by atoms with Gasteiger partial charge in [0.2, 0.25) is 0 Å². The van der Waals surface area contributed by atoms with Crippen LogP contribution in [-0.4, -0.2) is 17.6 Å². The molecule has 4 heteroatoms. The van der Waals surface area contributed by atoms with Gasteiger partial charge in [-0.2, -0.15) is 0 Å². The molecule has 3 aromatic rings. The molecule has 0 atom stereocenters. The number of carboxylic acids is 1. The number of benzene rings is 3. The van der Waals surface area contributed by atoms with Crippen molar-refractivity contribution in [3.05, 3.63) is 89.2 Å². The molecule has 0 spiro atoms. The highest BCUT2D eigenvalue weighted by molar-refractivity contribution is 5.89. The van der Waals surface area contributed by atoms with Crippen molar-refractivity contribution in [1.29, 1.82) is 0 Å². The Labute approximate surface area is 189 Å². The van der Waals surface area contributed by atoms with Gasteiger partial charge in [-0.15, -0.1) is 0 Å². The quantitative estimate of drug-likeness (QED) is 0.378. The van der Waals surface area contributed by atoms with Crippen molar-refractivity contribution in [3.8, 4) is 11.1 Å². The Kier molecular flexibility index (Phi) is 6.89. The summed E-state index contributed by atoms with van der Waals surface area (Å²) in [6.45, 7) is 3.73. The SMILES string of the molecule is CCCCc1ccc(-c2ccc(CN(CC3CC3)c3ccc(F)c(C(=O)O)c3)cc2)cc1. The van der Waals surface area contributed by atoms with Gasteiger partial charge in [0, 0.05) is 18.8 Å². The first-order valence-corrected chi connectivity index (χ1v) is 11.5. The molecule has 166 valence electrons. The van der Waals surface area contributed by atoms with Crippen LogP contribution in [0.1, 0.15) is 54.1 Å². The first-order valence-electron chi connectivity index (χ1n) is 11.5. The van der Waals surface area contributed by atoms with Gasteiger partial charge in [0.05, 0.1) is 5.56 Å². The molecular weight excluding hydrogens is 401 g/mol. The van der Waals surface area contributed by atoms with Gasteiger partial charge in [0.15, 0.2) is 0 Å². The number of anilines is 1. The molecule has 1 aliphatic rings. The molecule has 0 saturated heterocycles. The van der Waals surface area contributed by atoms with Gasteiger partial charge in [-0.25, -0.2) is 9.18 Å². The van der Waals surface area contributed by atoms with Gasteiger partial charge < -0.3 is 10.0 Å². The molecule has 1 fully saturated rings. The van der Waals surface area contributed by atoms with Gasteiger partial charge in [0.1, 0.15) is 5.82 Å². The van der Waals surface area contributed by atoms with E-state index >= 15 is 0 Å². The summed E-state index contributed by atoms with van der Waals surface area (Å²) in [5.74, 6) is -1.31. The summed E-state index contributed by atoms with van der Waals surface area (Å²) in [5.41, 5.74) is 5.39. The number of hydrogen-bond donors (Lipinski definition) is 1. The first kappa shape index (κ1) is 22.1. The zero-order valence-corrected chi connectivity index (χ0v) is 18.6. The number of rotatable bonds is 10. The van der Waals surface area contributed by atoms with Gasteiger partial charge in [-0.3, -0.25) is 0 Å². The molecule has 0 bridgehead atoms. The second-order valence-electron chi connectivity index (χ2n) is 8.79. The predicted octanol–water partition coefficient (Wildman–Crippen LogP) is 6.95. The van der Waals surface area contributed by atoms with E-state index in [1.165, 1.54) is 54.5 Å². The lowest BCUT2D eigenvalue weighted by molar-refractivity contribution is 0.0692. The van der Waals surface area contributed by atoms with Crippen molar-refractivity contribution in [2.24, 2.45) is 5.92 Å². The van der Waals surface area contributed by atoms with E-state index in [1.54, 1.807) is 6.07 Å². The zero-order chi connectivity index (χ0) is 22.5. The lowest BCUT2D eigenvalue weighted by atomic mass is 10.0. The molecule has 4 rings (SSSR count). The van der Waals surface area contributed by atoms with Crippen LogP contribution in [0.3, 0.4) is 0 Å². The Bertz CT molecular complexity index is 1060. The van der Waals surface area contributed by atoms with Crippen LogP contribution in [0.15, 0.2) is 66.7 Å². The van der Waals surface area contributed by atoms with E-state index < -0.39 is 11.8 Å². The van der Waals surface area contributed by atoms with Crippen molar-refractivity contribution >= 4 is 11.7 Å². The third kappa shape index (κ3) is 5.56. The van der Waals surface area contributed by atoms with E-state index in [1.807, 2.05) is 0 Å². The van der Waals surface area contributed by atoms with Crippen molar-refractivity contribution < 1.29 is 14.3 Å². The van der Waals surface area contributed by atoms with Crippen LogP contribution < -0.4 is 4.90 Å². The number of carbonyl (C=O) groups is 1. The molecular formula is C28H30FNO2. The van der Waals surface area contributed by atoms with Gasteiger partial charge in [0.25, 0.3) is 0 Å². The molecule has 0 radical (unpaired) electrons. The van der Waals surface area contributed by atoms with Crippen LogP contribution in [0.4, 0.5) is 10.1 Å². The number of unbranched alkanes of at least 4 members (excludes halogenated alkanes) is 1. The molecule has 0 amide bonds. The fourth-order valence-corrected chi connectivity index (χ4v) is 4.01. The van der Waals surface area contributed by atoms with Crippen LogP contribution >= 0.6 is 0 Å². The molecule has 1 N–H and O–H groups in total. The van der Waals surface area contributed by atoms with Crippen molar-refractivity contribution in [2.75, 3.05) is 11.4 Å². The van der Waals surface area contributed by atoms with E-state index in [2.05, 4.69) is 60.4 Å². The fourth-order valence-electron chi connectivity index (χ4n) is 4.01. The summed E-state index contributed by atoms with van der Waals surface area (Å²) in [5, 5.41) is 9.30. The summed E-state index contributed by atoms with van der Waals surface area (Å²) in [6, 6.07) is 21.7. The van der Waals surface area contributed by atoms with Gasteiger partial charge in [-0.05, 0) is 72.1 Å². The highest BCUT2D eigenvalue weighted by Crippen LogP contribution is 2.33. The molecule has 0 unspecified atom stereocenters. The lowest BCUT2D eigenvalue weighted by Gasteiger charge is -2.25. The van der Waals surface area contributed by atoms with E-state index in [0.717, 1.165) is 24.2 Å². The summed E-state index contributed by atoms with van der Waals surface area (Å²) >= 11 is 0. The van der Waals surface area contributed by atoms with Crippen LogP contribution in [0, 0.1) is 11.7 Å². The number of aromatic carboxylic acids is 1. The van der Waals surface area contributed by atoms with Crippen LogP contribution in [0.25, 0.3) is 11.1 Å². The monoisotopic (exact) mass is 431 g/mol. The van der Waals surface area contributed by atoms with E-state index in [0.29, 0.717) is 12.5 Å². The van der Waals surface area contributed by atoms with Crippen LogP contribution in [0.2, 0.25) is 0 Å². The minimum absolute atomic E-state index is 0.277. The highest BCUT2D eigenvalue weighted by atomic mass is 19.1. The Hall–Kier alpha value is -3.14. The standard InChI is InChI=1S/C28H30FNO2/c1-2-3-4-20-7-11-23(12-8-20)24-13-9-22(10-14-24)19-30(18-21-5-6-21)25-15-16-27(29)26(17-25)28(31)32/h7-17,21H,2-6,18-19H2,1H3,(H,31,32). The van der Waals surface area contributed by atoms with E-state index in [9.17, 15) is 14.3 Å². The molecule has 3 nitrogen and oxygen atoms in total. The lowest BCUT2D eigenvalue weighted by Crippen LogP contribution is -2.25. The number of halogens is 1. The molecule has 0 aliphatic heterocycles. The Morgan fingerprint density at radius 1 is 0.969 bits per heavy atom. The zero-order valence-electron chi connectivity index (χ0n) is 18.6. The average Bonchev–Trinajstić information content (AvgIpc) is 3.62. The highest BCUT2D eigenvalue weighted by Gasteiger charge is 2.25. The number of aryl methyl sites for hydroxylation is 1. The molecule has 0 heterocycles. The maximum Gasteiger partial charge on any atom is 0.338 e. The Morgan fingerprint density at radius 2 is 1.59 bits per heavy atom. The second-order valence-corrected chi connectivity index (χ2v) is 8.79. The first-order chi connectivity index (χ1) is 15.5. The minimum Gasteiger partial charge on any atom is -0.478 e. The fraction of sp³-hybridized carbons (Fsp3) is 0.321. The average molecular weight is 432 g/mol. The Balaban J connectivity index is 1.50. The number of hydrogen-bond acceptors (Lipinski definition) is 2. The third-order valence-electron chi connectivity index (χ3n) is 6.15. The van der Waals surface area contributed by atoms with Crippen molar-refractivity contribution in [3.63, 3.8) is 0 Å². The molecule has 0 aromatic heterocycles. The normalized spacial score (nSPS) is 13.2. The van der Waals surface area contributed by atoms with Crippen molar-refractivity contribution in [2.45, 2.75) is 45.6 Å². The van der Waals surface area contributed by atoms with Crippen LogP contribution in [0.5, 0.6) is 0 Å². The van der Waals surface area contributed by atoms with Crippen molar-refractivity contribution in [1.82, 2.24) is 0 Å². The molecule has 3 aromatic carbocycles. The molecule has 32 heavy (non-hydrogen) atoms. The second kappa shape index (κ2) is 9.99. The predicted molar refractivity (Wildman–Crippen MR) is 128 cm³/mol. The summed E-state index contributed by atoms with van der Waals surface area (Å²) < 4.78 is 13.9.